The van der Waals surface area contributed by atoms with Gasteiger partial charge in [0.15, 0.2) is 0 Å². The highest BCUT2D eigenvalue weighted by Crippen LogP contribution is 2.19. The van der Waals surface area contributed by atoms with Gasteiger partial charge in [0, 0.05) is 5.69 Å². The Hall–Kier alpha value is -1.39. The van der Waals surface area contributed by atoms with Crippen LogP contribution < -0.4 is 10.6 Å². The number of rotatable bonds is 6. The van der Waals surface area contributed by atoms with E-state index in [2.05, 4.69) is 41.5 Å². The molecule has 0 spiro atoms. The summed E-state index contributed by atoms with van der Waals surface area (Å²) in [7, 11) is 2.01. The number of anilines is 1. The first-order valence-corrected chi connectivity index (χ1v) is 8.35. The highest BCUT2D eigenvalue weighted by molar-refractivity contribution is 5.92. The highest BCUT2D eigenvalue weighted by Gasteiger charge is 2.20. The number of benzene rings is 1. The van der Waals surface area contributed by atoms with Gasteiger partial charge in [-0.2, -0.15) is 0 Å². The van der Waals surface area contributed by atoms with Crippen molar-refractivity contribution in [1.82, 2.24) is 10.2 Å². The Bertz CT molecular complexity index is 479. The van der Waals surface area contributed by atoms with E-state index in [4.69, 9.17) is 0 Å². The summed E-state index contributed by atoms with van der Waals surface area (Å²) in [6.45, 7) is 7.95. The van der Waals surface area contributed by atoms with Gasteiger partial charge in [-0.05, 0) is 69.1 Å². The topological polar surface area (TPSA) is 44.4 Å². The Morgan fingerprint density at radius 1 is 1.32 bits per heavy atom. The molecule has 2 rings (SSSR count). The lowest BCUT2D eigenvalue weighted by Crippen LogP contribution is -2.40. The van der Waals surface area contributed by atoms with Crippen molar-refractivity contribution in [1.29, 1.82) is 0 Å². The van der Waals surface area contributed by atoms with Crippen molar-refractivity contribution in [2.24, 2.45) is 5.92 Å². The minimum atomic E-state index is 0.0907. The Kier molecular flexibility index (Phi) is 6.40. The van der Waals surface area contributed by atoms with Gasteiger partial charge in [0.2, 0.25) is 5.91 Å². The van der Waals surface area contributed by atoms with Crippen molar-refractivity contribution in [3.8, 4) is 0 Å². The van der Waals surface area contributed by atoms with E-state index in [0.29, 0.717) is 12.5 Å². The van der Waals surface area contributed by atoms with Gasteiger partial charge in [-0.1, -0.05) is 26.0 Å². The number of amides is 1. The van der Waals surface area contributed by atoms with Crippen molar-refractivity contribution in [2.75, 3.05) is 38.5 Å². The van der Waals surface area contributed by atoms with E-state index in [-0.39, 0.29) is 5.91 Å². The molecule has 122 valence electrons. The number of piperidine rings is 1. The van der Waals surface area contributed by atoms with Gasteiger partial charge in [0.1, 0.15) is 0 Å². The van der Waals surface area contributed by atoms with Crippen LogP contribution >= 0.6 is 0 Å². The van der Waals surface area contributed by atoms with E-state index in [0.717, 1.165) is 31.2 Å². The second-order valence-electron chi connectivity index (χ2n) is 6.61. The summed E-state index contributed by atoms with van der Waals surface area (Å²) in [5.74, 6) is 1.32. The molecule has 0 aromatic heterocycles. The lowest BCUT2D eigenvalue weighted by Gasteiger charge is -2.31. The number of hydrogen-bond donors (Lipinski definition) is 2. The van der Waals surface area contributed by atoms with Crippen LogP contribution in [0.2, 0.25) is 0 Å². The van der Waals surface area contributed by atoms with Crippen LogP contribution in [-0.4, -0.2) is 44.0 Å². The van der Waals surface area contributed by atoms with E-state index in [1.165, 1.54) is 18.4 Å². The average molecular weight is 303 g/mol. The first kappa shape index (κ1) is 17.0. The average Bonchev–Trinajstić information content (AvgIpc) is 2.49. The molecule has 0 aliphatic carbocycles. The van der Waals surface area contributed by atoms with Crippen LogP contribution in [0.15, 0.2) is 24.3 Å². The number of nitrogens with zero attached hydrogens (tertiary/aromatic N) is 1. The SMILES string of the molecule is CNCC1CCN(CC(=O)Nc2cccc(C(C)C)c2)CC1. The molecular formula is C18H29N3O. The second-order valence-corrected chi connectivity index (χ2v) is 6.61. The fraction of sp³-hybridized carbons (Fsp3) is 0.611. The van der Waals surface area contributed by atoms with Crippen LogP contribution in [0.5, 0.6) is 0 Å². The molecule has 0 unspecified atom stereocenters. The molecule has 0 saturated carbocycles. The normalized spacial score (nSPS) is 16.9. The maximum Gasteiger partial charge on any atom is 0.238 e. The smallest absolute Gasteiger partial charge is 0.238 e. The Morgan fingerprint density at radius 3 is 2.68 bits per heavy atom. The molecule has 1 aliphatic heterocycles. The summed E-state index contributed by atoms with van der Waals surface area (Å²) in [6, 6.07) is 8.14. The summed E-state index contributed by atoms with van der Waals surface area (Å²) in [5, 5.41) is 6.27. The molecule has 1 saturated heterocycles. The zero-order valence-corrected chi connectivity index (χ0v) is 14.1. The minimum Gasteiger partial charge on any atom is -0.325 e. The van der Waals surface area contributed by atoms with E-state index in [1.807, 2.05) is 19.2 Å². The van der Waals surface area contributed by atoms with Gasteiger partial charge in [0.25, 0.3) is 0 Å². The highest BCUT2D eigenvalue weighted by atomic mass is 16.2. The van der Waals surface area contributed by atoms with Crippen molar-refractivity contribution in [3.63, 3.8) is 0 Å². The third-order valence-electron chi connectivity index (χ3n) is 4.40. The third kappa shape index (κ3) is 5.11. The van der Waals surface area contributed by atoms with Crippen LogP contribution in [0, 0.1) is 5.92 Å². The number of carbonyl (C=O) groups excluding carboxylic acids is 1. The molecular weight excluding hydrogens is 274 g/mol. The van der Waals surface area contributed by atoms with E-state index in [1.54, 1.807) is 0 Å². The van der Waals surface area contributed by atoms with Gasteiger partial charge >= 0.3 is 0 Å². The van der Waals surface area contributed by atoms with Gasteiger partial charge in [-0.25, -0.2) is 0 Å². The molecule has 1 heterocycles. The molecule has 4 nitrogen and oxygen atoms in total. The van der Waals surface area contributed by atoms with Crippen molar-refractivity contribution >= 4 is 11.6 Å². The fourth-order valence-corrected chi connectivity index (χ4v) is 3.02. The van der Waals surface area contributed by atoms with Gasteiger partial charge in [0.05, 0.1) is 6.54 Å². The van der Waals surface area contributed by atoms with Gasteiger partial charge < -0.3 is 10.6 Å². The standard InChI is InChI=1S/C18H29N3O/c1-14(2)16-5-4-6-17(11-16)20-18(22)13-21-9-7-15(8-10-21)12-19-3/h4-6,11,14-15,19H,7-10,12-13H2,1-3H3,(H,20,22). The summed E-state index contributed by atoms with van der Waals surface area (Å²) in [6.07, 6.45) is 2.36. The van der Waals surface area contributed by atoms with Crippen molar-refractivity contribution in [2.45, 2.75) is 32.6 Å². The molecule has 0 radical (unpaired) electrons. The van der Waals surface area contributed by atoms with E-state index >= 15 is 0 Å². The van der Waals surface area contributed by atoms with Gasteiger partial charge in [-0.3, -0.25) is 9.69 Å². The lowest BCUT2D eigenvalue weighted by molar-refractivity contribution is -0.117. The molecule has 4 heteroatoms. The van der Waals surface area contributed by atoms with Crippen molar-refractivity contribution in [3.05, 3.63) is 29.8 Å². The van der Waals surface area contributed by atoms with Crippen LogP contribution in [0.3, 0.4) is 0 Å². The second kappa shape index (κ2) is 8.30. The maximum absolute atomic E-state index is 12.2. The first-order valence-electron chi connectivity index (χ1n) is 8.35. The zero-order valence-electron chi connectivity index (χ0n) is 14.1. The predicted molar refractivity (Wildman–Crippen MR) is 92.3 cm³/mol. The first-order chi connectivity index (χ1) is 10.6. The Labute approximate surface area is 134 Å². The molecule has 0 bridgehead atoms. The number of carbonyl (C=O) groups is 1. The summed E-state index contributed by atoms with van der Waals surface area (Å²) in [5.41, 5.74) is 2.16. The predicted octanol–water partition coefficient (Wildman–Crippen LogP) is 2.68. The third-order valence-corrected chi connectivity index (χ3v) is 4.40. The fourth-order valence-electron chi connectivity index (χ4n) is 3.02. The van der Waals surface area contributed by atoms with E-state index in [9.17, 15) is 4.79 Å². The Morgan fingerprint density at radius 2 is 2.05 bits per heavy atom. The van der Waals surface area contributed by atoms with Crippen LogP contribution in [0.1, 0.15) is 38.2 Å². The molecule has 0 atom stereocenters. The molecule has 22 heavy (non-hydrogen) atoms. The Balaban J connectivity index is 1.80. The van der Waals surface area contributed by atoms with Crippen molar-refractivity contribution < 1.29 is 4.79 Å². The van der Waals surface area contributed by atoms with E-state index < -0.39 is 0 Å². The van der Waals surface area contributed by atoms with Gasteiger partial charge in [-0.15, -0.1) is 0 Å². The summed E-state index contributed by atoms with van der Waals surface area (Å²) < 4.78 is 0. The molecule has 2 N–H and O–H groups in total. The minimum absolute atomic E-state index is 0.0907. The zero-order chi connectivity index (χ0) is 15.9. The summed E-state index contributed by atoms with van der Waals surface area (Å²) >= 11 is 0. The summed E-state index contributed by atoms with van der Waals surface area (Å²) in [4.78, 5) is 14.5. The molecule has 1 fully saturated rings. The maximum atomic E-state index is 12.2. The monoisotopic (exact) mass is 303 g/mol. The molecule has 1 aromatic rings. The molecule has 1 amide bonds. The molecule has 1 aliphatic rings. The largest absolute Gasteiger partial charge is 0.325 e. The van der Waals surface area contributed by atoms with Crippen LogP contribution in [-0.2, 0) is 4.79 Å². The van der Waals surface area contributed by atoms with Crippen LogP contribution in [0.25, 0.3) is 0 Å². The quantitative estimate of drug-likeness (QED) is 0.849. The lowest BCUT2D eigenvalue weighted by atomic mass is 9.97. The number of hydrogen-bond acceptors (Lipinski definition) is 3. The number of likely N-dealkylation sites (tertiary alicyclic amines) is 1. The number of nitrogens with one attached hydrogen (secondary N) is 2. The molecule has 1 aromatic carbocycles. The van der Waals surface area contributed by atoms with Crippen LogP contribution in [0.4, 0.5) is 5.69 Å².